The minimum absolute atomic E-state index is 0.216. The summed E-state index contributed by atoms with van der Waals surface area (Å²) in [6.07, 6.45) is 1.28. The summed E-state index contributed by atoms with van der Waals surface area (Å²) in [5.41, 5.74) is 0. The zero-order valence-electron chi connectivity index (χ0n) is 14.0. The molecule has 1 N–H and O–H groups in total. The molecular formula is C16H21F3N2O4S. The van der Waals surface area contributed by atoms with Crippen LogP contribution in [0.5, 0.6) is 0 Å². The molecule has 26 heavy (non-hydrogen) atoms. The van der Waals surface area contributed by atoms with E-state index >= 15 is 0 Å². The summed E-state index contributed by atoms with van der Waals surface area (Å²) in [6.45, 7) is 7.05. The molecule has 1 saturated heterocycles. The third-order valence-corrected chi connectivity index (χ3v) is 4.91. The van der Waals surface area contributed by atoms with Gasteiger partial charge in [-0.3, -0.25) is 4.90 Å². The predicted octanol–water partition coefficient (Wildman–Crippen LogP) is 2.71. The van der Waals surface area contributed by atoms with Crippen molar-refractivity contribution in [2.24, 2.45) is 0 Å². The van der Waals surface area contributed by atoms with Crippen LogP contribution in [0.3, 0.4) is 0 Å². The molecule has 0 aromatic carbocycles. The van der Waals surface area contributed by atoms with Crippen molar-refractivity contribution in [1.82, 2.24) is 9.88 Å². The first-order valence-corrected chi connectivity index (χ1v) is 8.97. The van der Waals surface area contributed by atoms with Gasteiger partial charge in [0.15, 0.2) is 0 Å². The van der Waals surface area contributed by atoms with Crippen molar-refractivity contribution in [2.45, 2.75) is 43.8 Å². The Hall–Kier alpha value is -1.49. The van der Waals surface area contributed by atoms with E-state index in [1.807, 2.05) is 17.7 Å². The van der Waals surface area contributed by atoms with Crippen molar-refractivity contribution in [3.63, 3.8) is 0 Å². The second-order valence-corrected chi connectivity index (χ2v) is 6.82. The van der Waals surface area contributed by atoms with Crippen LogP contribution in [0, 0.1) is 0 Å². The molecule has 0 unspecified atom stereocenters. The summed E-state index contributed by atoms with van der Waals surface area (Å²) in [4.78, 5) is 15.8. The fraction of sp³-hybridized carbons (Fsp3) is 0.625. The van der Waals surface area contributed by atoms with Gasteiger partial charge < -0.3 is 14.6 Å². The molecular weight excluding hydrogens is 373 g/mol. The van der Waals surface area contributed by atoms with Crippen LogP contribution >= 0.6 is 11.3 Å². The molecule has 1 aromatic rings. The van der Waals surface area contributed by atoms with Crippen molar-refractivity contribution >= 4 is 17.3 Å². The number of rotatable bonds is 5. The maximum absolute atomic E-state index is 10.6. The molecule has 0 bridgehead atoms. The van der Waals surface area contributed by atoms with E-state index in [0.29, 0.717) is 12.6 Å². The zero-order chi connectivity index (χ0) is 19.2. The number of ether oxygens (including phenoxy) is 2. The van der Waals surface area contributed by atoms with Crippen molar-refractivity contribution in [3.8, 4) is 0 Å². The highest BCUT2D eigenvalue weighted by Gasteiger charge is 2.43. The van der Waals surface area contributed by atoms with E-state index in [-0.39, 0.29) is 12.2 Å². The Morgan fingerprint density at radius 3 is 2.85 bits per heavy atom. The van der Waals surface area contributed by atoms with E-state index in [9.17, 15) is 13.2 Å². The second-order valence-electron chi connectivity index (χ2n) is 5.84. The standard InChI is InChI=1S/C14H20N2O2S.C2HF3O2/c1-2-7-17-12-4-3-11-14(12)18-8-6-16(11)10-13-15-5-9-19-13;3-2(4,5)1(6)7/h2,5,9,11-12,14H,1,3-4,6-8,10H2;(H,6,7)/t11-,12-,14+;/m0./s1. The number of morpholine rings is 1. The second kappa shape index (κ2) is 9.45. The maximum Gasteiger partial charge on any atom is 0.490 e. The third-order valence-electron chi connectivity index (χ3n) is 4.14. The number of nitrogens with zero attached hydrogens (tertiary/aromatic N) is 2. The van der Waals surface area contributed by atoms with Crippen LogP contribution in [-0.2, 0) is 20.8 Å². The van der Waals surface area contributed by atoms with Gasteiger partial charge >= 0.3 is 12.1 Å². The Balaban J connectivity index is 0.000000298. The lowest BCUT2D eigenvalue weighted by molar-refractivity contribution is -0.192. The van der Waals surface area contributed by atoms with Crippen molar-refractivity contribution in [1.29, 1.82) is 0 Å². The normalized spacial score (nSPS) is 25.9. The van der Waals surface area contributed by atoms with Crippen molar-refractivity contribution in [3.05, 3.63) is 29.2 Å². The van der Waals surface area contributed by atoms with Crippen LogP contribution in [0.1, 0.15) is 17.8 Å². The molecule has 1 aromatic heterocycles. The van der Waals surface area contributed by atoms with Gasteiger partial charge in [-0.15, -0.1) is 17.9 Å². The highest BCUT2D eigenvalue weighted by Crippen LogP contribution is 2.33. The molecule has 10 heteroatoms. The van der Waals surface area contributed by atoms with Crippen molar-refractivity contribution < 1.29 is 32.5 Å². The molecule has 146 valence electrons. The van der Waals surface area contributed by atoms with E-state index in [2.05, 4.69) is 16.5 Å². The summed E-state index contributed by atoms with van der Waals surface area (Å²) in [6, 6.07) is 0.479. The van der Waals surface area contributed by atoms with E-state index in [4.69, 9.17) is 19.4 Å². The van der Waals surface area contributed by atoms with Gasteiger partial charge in [0, 0.05) is 24.2 Å². The molecule has 3 rings (SSSR count). The van der Waals surface area contributed by atoms with Gasteiger partial charge in [-0.1, -0.05) is 6.08 Å². The number of carboxylic acid groups (broad SMARTS) is 1. The van der Waals surface area contributed by atoms with Crippen LogP contribution < -0.4 is 0 Å². The Bertz CT molecular complexity index is 583. The smallest absolute Gasteiger partial charge is 0.475 e. The topological polar surface area (TPSA) is 71.9 Å². The fourth-order valence-corrected chi connectivity index (χ4v) is 3.70. The van der Waals surface area contributed by atoms with Crippen molar-refractivity contribution in [2.75, 3.05) is 19.8 Å². The summed E-state index contributed by atoms with van der Waals surface area (Å²) in [5.74, 6) is -2.76. The number of aromatic nitrogens is 1. The maximum atomic E-state index is 10.6. The number of carbonyl (C=O) groups is 1. The van der Waals surface area contributed by atoms with Crippen LogP contribution in [0.4, 0.5) is 13.2 Å². The first-order valence-electron chi connectivity index (χ1n) is 8.09. The Labute approximate surface area is 153 Å². The molecule has 0 radical (unpaired) electrons. The lowest BCUT2D eigenvalue weighted by Gasteiger charge is -2.38. The number of aliphatic carboxylic acids is 1. The van der Waals surface area contributed by atoms with Gasteiger partial charge in [-0.25, -0.2) is 9.78 Å². The highest BCUT2D eigenvalue weighted by atomic mass is 32.1. The largest absolute Gasteiger partial charge is 0.490 e. The predicted molar refractivity (Wildman–Crippen MR) is 88.9 cm³/mol. The van der Waals surface area contributed by atoms with E-state index in [1.54, 1.807) is 11.3 Å². The summed E-state index contributed by atoms with van der Waals surface area (Å²) in [5, 5.41) is 10.4. The molecule has 6 nitrogen and oxygen atoms in total. The molecule has 0 amide bonds. The summed E-state index contributed by atoms with van der Waals surface area (Å²) >= 11 is 1.73. The zero-order valence-corrected chi connectivity index (χ0v) is 14.8. The summed E-state index contributed by atoms with van der Waals surface area (Å²) in [7, 11) is 0. The minimum atomic E-state index is -5.08. The molecule has 2 fully saturated rings. The van der Waals surface area contributed by atoms with Gasteiger partial charge in [0.2, 0.25) is 0 Å². The number of fused-ring (bicyclic) bond motifs is 1. The SMILES string of the molecule is C=CCO[C@H]1CC[C@H]2[C@H]1OCCN2Cc1nccs1.O=C(O)C(F)(F)F. The number of carboxylic acids is 1. The van der Waals surface area contributed by atoms with Crippen LogP contribution in [-0.4, -0.2) is 65.1 Å². The Morgan fingerprint density at radius 1 is 1.54 bits per heavy atom. The molecule has 1 aliphatic heterocycles. The van der Waals surface area contributed by atoms with Gasteiger partial charge in [-0.05, 0) is 12.8 Å². The Morgan fingerprint density at radius 2 is 2.27 bits per heavy atom. The van der Waals surface area contributed by atoms with Gasteiger partial charge in [-0.2, -0.15) is 13.2 Å². The average Bonchev–Trinajstić information content (AvgIpc) is 3.23. The van der Waals surface area contributed by atoms with E-state index < -0.39 is 12.1 Å². The lowest BCUT2D eigenvalue weighted by Crippen LogP contribution is -2.51. The number of alkyl halides is 3. The van der Waals surface area contributed by atoms with Crippen LogP contribution in [0.25, 0.3) is 0 Å². The Kier molecular flexibility index (Phi) is 7.56. The van der Waals surface area contributed by atoms with Gasteiger partial charge in [0.25, 0.3) is 0 Å². The molecule has 2 heterocycles. The van der Waals surface area contributed by atoms with Gasteiger partial charge in [0.1, 0.15) is 5.01 Å². The minimum Gasteiger partial charge on any atom is -0.475 e. The monoisotopic (exact) mass is 394 g/mol. The summed E-state index contributed by atoms with van der Waals surface area (Å²) < 4.78 is 43.5. The molecule has 1 saturated carbocycles. The number of thiazole rings is 1. The fourth-order valence-electron chi connectivity index (χ4n) is 3.06. The molecule has 2 aliphatic rings. The third kappa shape index (κ3) is 5.76. The first kappa shape index (κ1) is 20.8. The quantitative estimate of drug-likeness (QED) is 0.775. The lowest BCUT2D eigenvalue weighted by atomic mass is 10.1. The van der Waals surface area contributed by atoms with Crippen LogP contribution in [0.2, 0.25) is 0 Å². The first-order chi connectivity index (χ1) is 12.3. The average molecular weight is 394 g/mol. The molecule has 0 spiro atoms. The van der Waals surface area contributed by atoms with Crippen LogP contribution in [0.15, 0.2) is 24.2 Å². The number of halogens is 3. The number of hydrogen-bond donors (Lipinski definition) is 1. The van der Waals surface area contributed by atoms with E-state index in [1.165, 1.54) is 5.01 Å². The molecule has 3 atom stereocenters. The highest BCUT2D eigenvalue weighted by molar-refractivity contribution is 7.09. The van der Waals surface area contributed by atoms with E-state index in [0.717, 1.165) is 32.5 Å². The number of hydrogen-bond acceptors (Lipinski definition) is 6. The molecule has 1 aliphatic carbocycles. The van der Waals surface area contributed by atoms with Gasteiger partial charge in [0.05, 0.1) is 32.0 Å².